The van der Waals surface area contributed by atoms with Crippen molar-refractivity contribution in [3.05, 3.63) is 58.9 Å². The molecule has 2 aromatic rings. The minimum Gasteiger partial charge on any atom is -0.346 e. The summed E-state index contributed by atoms with van der Waals surface area (Å²) in [7, 11) is -3.32. The maximum Gasteiger partial charge on any atom is 0.391 e. The van der Waals surface area contributed by atoms with Crippen LogP contribution in [-0.2, 0) is 22.9 Å². The van der Waals surface area contributed by atoms with Crippen LogP contribution in [-0.4, -0.2) is 42.7 Å². The molecule has 37 heavy (non-hydrogen) atoms. The van der Waals surface area contributed by atoms with Crippen LogP contribution in [0.3, 0.4) is 0 Å². The van der Waals surface area contributed by atoms with Crippen molar-refractivity contribution in [3.8, 4) is 0 Å². The van der Waals surface area contributed by atoms with Crippen LogP contribution in [0.4, 0.5) is 13.2 Å². The standard InChI is InChI=1S/C27H34F3N3O3S/c1-3-25-24-12-7-19(26(34)32-14-22-10-11-23(15-31-22)37(35,36)4-2)13-20(24)17-33(25)16-18-5-8-21(9-6-18)27(28,29)30/h7,10-13,15,18,21,25H,3-6,8-9,14,16-17H2,1-2H3,(H,32,34)/t18-,21-,25-/m1/s1. The van der Waals surface area contributed by atoms with Crippen LogP contribution < -0.4 is 5.32 Å². The molecule has 2 aliphatic rings. The van der Waals surface area contributed by atoms with Crippen LogP contribution in [0.25, 0.3) is 0 Å². The predicted octanol–water partition coefficient (Wildman–Crippen LogP) is 5.44. The van der Waals surface area contributed by atoms with Crippen molar-refractivity contribution in [2.24, 2.45) is 11.8 Å². The van der Waals surface area contributed by atoms with E-state index in [1.54, 1.807) is 19.1 Å². The van der Waals surface area contributed by atoms with Crippen LogP contribution in [0, 0.1) is 11.8 Å². The van der Waals surface area contributed by atoms with Crippen molar-refractivity contribution >= 4 is 15.7 Å². The molecule has 1 aromatic carbocycles. The molecular formula is C27H34F3N3O3S. The van der Waals surface area contributed by atoms with Crippen molar-refractivity contribution in [2.45, 2.75) is 76.2 Å². The largest absolute Gasteiger partial charge is 0.391 e. The van der Waals surface area contributed by atoms with E-state index in [1.807, 2.05) is 12.1 Å². The zero-order chi connectivity index (χ0) is 26.8. The lowest BCUT2D eigenvalue weighted by Crippen LogP contribution is -2.33. The van der Waals surface area contributed by atoms with Crippen LogP contribution in [0.15, 0.2) is 41.4 Å². The smallest absolute Gasteiger partial charge is 0.346 e. The van der Waals surface area contributed by atoms with Gasteiger partial charge in [0, 0.05) is 30.9 Å². The van der Waals surface area contributed by atoms with Crippen molar-refractivity contribution < 1.29 is 26.4 Å². The van der Waals surface area contributed by atoms with Gasteiger partial charge in [-0.3, -0.25) is 14.7 Å². The molecule has 0 bridgehead atoms. The fourth-order valence-corrected chi connectivity index (χ4v) is 6.37. The molecular weight excluding hydrogens is 503 g/mol. The molecule has 1 aromatic heterocycles. The second-order valence-electron chi connectivity index (χ2n) is 10.1. The quantitative estimate of drug-likeness (QED) is 0.485. The van der Waals surface area contributed by atoms with Gasteiger partial charge in [0.05, 0.1) is 28.8 Å². The number of fused-ring (bicyclic) bond motifs is 1. The molecule has 1 aliphatic carbocycles. The van der Waals surface area contributed by atoms with Gasteiger partial charge in [0.1, 0.15) is 0 Å². The summed E-state index contributed by atoms with van der Waals surface area (Å²) in [5.41, 5.74) is 3.35. The number of carbonyl (C=O) groups is 1. The number of nitrogens with zero attached hydrogens (tertiary/aromatic N) is 2. The topological polar surface area (TPSA) is 79.4 Å². The Bertz CT molecular complexity index is 1210. The molecule has 1 N–H and O–H groups in total. The van der Waals surface area contributed by atoms with Crippen LogP contribution >= 0.6 is 0 Å². The van der Waals surface area contributed by atoms with E-state index in [-0.39, 0.29) is 47.9 Å². The molecule has 1 amide bonds. The Morgan fingerprint density at radius 3 is 2.43 bits per heavy atom. The van der Waals surface area contributed by atoms with E-state index in [9.17, 15) is 26.4 Å². The van der Waals surface area contributed by atoms with Crippen molar-refractivity contribution in [2.75, 3.05) is 12.3 Å². The number of amides is 1. The molecule has 0 saturated heterocycles. The third-order valence-electron chi connectivity index (χ3n) is 7.73. The average molecular weight is 538 g/mol. The highest BCUT2D eigenvalue weighted by molar-refractivity contribution is 7.91. The average Bonchev–Trinajstić information content (AvgIpc) is 3.23. The van der Waals surface area contributed by atoms with Crippen molar-refractivity contribution in [1.29, 1.82) is 0 Å². The number of aromatic nitrogens is 1. The molecule has 1 aliphatic heterocycles. The van der Waals surface area contributed by atoms with E-state index in [4.69, 9.17) is 0 Å². The summed E-state index contributed by atoms with van der Waals surface area (Å²) in [5.74, 6) is -1.15. The van der Waals surface area contributed by atoms with Gasteiger partial charge in [-0.1, -0.05) is 19.9 Å². The molecule has 4 rings (SSSR count). The number of carbonyl (C=O) groups excluding carboxylic acids is 1. The fraction of sp³-hybridized carbons (Fsp3) is 0.556. The molecule has 6 nitrogen and oxygen atoms in total. The van der Waals surface area contributed by atoms with E-state index in [2.05, 4.69) is 22.1 Å². The second-order valence-corrected chi connectivity index (χ2v) is 12.4. The van der Waals surface area contributed by atoms with Crippen LogP contribution in [0.2, 0.25) is 0 Å². The Balaban J connectivity index is 1.35. The SMILES string of the molecule is CC[C@@H]1c2ccc(C(=O)NCc3ccc(S(=O)(=O)CC)cn3)cc2CN1C[C@H]1CC[C@H](C(F)(F)F)CC1. The first kappa shape index (κ1) is 27.6. The minimum atomic E-state index is -4.09. The van der Waals surface area contributed by atoms with Gasteiger partial charge >= 0.3 is 6.18 Å². The molecule has 0 spiro atoms. The highest BCUT2D eigenvalue weighted by atomic mass is 32.2. The zero-order valence-corrected chi connectivity index (χ0v) is 22.0. The Labute approximate surface area is 216 Å². The zero-order valence-electron chi connectivity index (χ0n) is 21.2. The number of alkyl halides is 3. The third kappa shape index (κ3) is 6.34. The number of rotatable bonds is 8. The highest BCUT2D eigenvalue weighted by Crippen LogP contribution is 2.42. The Kier molecular flexibility index (Phi) is 8.28. The lowest BCUT2D eigenvalue weighted by Gasteiger charge is -2.34. The van der Waals surface area contributed by atoms with E-state index in [1.165, 1.54) is 17.8 Å². The predicted molar refractivity (Wildman–Crippen MR) is 135 cm³/mol. The summed E-state index contributed by atoms with van der Waals surface area (Å²) in [5, 5.41) is 2.84. The van der Waals surface area contributed by atoms with E-state index in [0.717, 1.165) is 18.5 Å². The fourth-order valence-electron chi connectivity index (χ4n) is 5.55. The maximum atomic E-state index is 13.0. The van der Waals surface area contributed by atoms with E-state index < -0.39 is 21.9 Å². The first-order chi connectivity index (χ1) is 17.5. The summed E-state index contributed by atoms with van der Waals surface area (Å²) >= 11 is 0. The summed E-state index contributed by atoms with van der Waals surface area (Å²) < 4.78 is 62.9. The molecule has 1 atom stereocenters. The number of pyridine rings is 1. The molecule has 1 saturated carbocycles. The van der Waals surface area contributed by atoms with Gasteiger partial charge in [0.25, 0.3) is 5.91 Å². The molecule has 2 heterocycles. The first-order valence-electron chi connectivity index (χ1n) is 12.9. The summed E-state index contributed by atoms with van der Waals surface area (Å²) in [6.07, 6.45) is -0.269. The Hall–Kier alpha value is -2.46. The van der Waals surface area contributed by atoms with Gasteiger partial charge in [0.2, 0.25) is 0 Å². The molecule has 0 unspecified atom stereocenters. The molecule has 1 fully saturated rings. The lowest BCUT2D eigenvalue weighted by molar-refractivity contribution is -0.184. The van der Waals surface area contributed by atoms with Crippen LogP contribution in [0.1, 0.15) is 79.2 Å². The maximum absolute atomic E-state index is 13.0. The number of halogens is 3. The Morgan fingerprint density at radius 1 is 1.11 bits per heavy atom. The highest BCUT2D eigenvalue weighted by Gasteiger charge is 2.42. The van der Waals surface area contributed by atoms with E-state index >= 15 is 0 Å². The lowest BCUT2D eigenvalue weighted by atomic mass is 9.81. The van der Waals surface area contributed by atoms with Gasteiger partial charge in [0.15, 0.2) is 9.84 Å². The van der Waals surface area contributed by atoms with Crippen molar-refractivity contribution in [1.82, 2.24) is 15.2 Å². The Morgan fingerprint density at radius 2 is 1.84 bits per heavy atom. The summed E-state index contributed by atoms with van der Waals surface area (Å²) in [6.45, 7) is 5.31. The summed E-state index contributed by atoms with van der Waals surface area (Å²) in [4.78, 5) is 19.5. The number of hydrogen-bond acceptors (Lipinski definition) is 5. The van der Waals surface area contributed by atoms with Crippen molar-refractivity contribution in [3.63, 3.8) is 0 Å². The monoisotopic (exact) mass is 537 g/mol. The van der Waals surface area contributed by atoms with Gasteiger partial charge in [-0.2, -0.15) is 13.2 Å². The van der Waals surface area contributed by atoms with Gasteiger partial charge in [-0.25, -0.2) is 8.42 Å². The third-order valence-corrected chi connectivity index (χ3v) is 9.45. The van der Waals surface area contributed by atoms with E-state index in [0.29, 0.717) is 30.6 Å². The van der Waals surface area contributed by atoms with Gasteiger partial charge in [-0.15, -0.1) is 0 Å². The molecule has 202 valence electrons. The number of nitrogens with one attached hydrogen (secondary N) is 1. The van der Waals surface area contributed by atoms with Gasteiger partial charge < -0.3 is 5.32 Å². The summed E-state index contributed by atoms with van der Waals surface area (Å²) in [6, 6.07) is 8.99. The number of benzene rings is 1. The number of hydrogen-bond donors (Lipinski definition) is 1. The molecule has 0 radical (unpaired) electrons. The minimum absolute atomic E-state index is 0.00140. The first-order valence-corrected chi connectivity index (χ1v) is 14.6. The normalized spacial score (nSPS) is 22.6. The molecule has 10 heteroatoms. The second kappa shape index (κ2) is 11.1. The number of sulfone groups is 1. The van der Waals surface area contributed by atoms with Crippen LogP contribution in [0.5, 0.6) is 0 Å². The van der Waals surface area contributed by atoms with Gasteiger partial charge in [-0.05, 0) is 73.4 Å².